The zero-order valence-corrected chi connectivity index (χ0v) is 15.4. The van der Waals surface area contributed by atoms with Crippen LogP contribution in [0.4, 0.5) is 0 Å². The summed E-state index contributed by atoms with van der Waals surface area (Å²) in [5.41, 5.74) is 3.91. The van der Waals surface area contributed by atoms with Gasteiger partial charge in [0, 0.05) is 29.4 Å². The van der Waals surface area contributed by atoms with Crippen molar-refractivity contribution < 1.29 is 9.21 Å². The molecule has 0 radical (unpaired) electrons. The van der Waals surface area contributed by atoms with Gasteiger partial charge in [-0.25, -0.2) is 4.98 Å². The van der Waals surface area contributed by atoms with Gasteiger partial charge in [-0.3, -0.25) is 9.89 Å². The van der Waals surface area contributed by atoms with E-state index in [1.54, 1.807) is 6.33 Å². The van der Waals surface area contributed by atoms with E-state index >= 15 is 0 Å². The summed E-state index contributed by atoms with van der Waals surface area (Å²) in [7, 11) is 0. The summed E-state index contributed by atoms with van der Waals surface area (Å²) in [6.45, 7) is 0.553. The van der Waals surface area contributed by atoms with Gasteiger partial charge in [-0.05, 0) is 18.2 Å². The summed E-state index contributed by atoms with van der Waals surface area (Å²) < 4.78 is 6.14. The Morgan fingerprint density at radius 2 is 2.00 bits per heavy atom. The maximum absolute atomic E-state index is 13.6. The highest BCUT2D eigenvalue weighted by Gasteiger charge is 2.37. The maximum atomic E-state index is 13.6. The van der Waals surface area contributed by atoms with Crippen molar-refractivity contribution in [3.8, 4) is 0 Å². The topological polar surface area (TPSA) is 90.8 Å². The van der Waals surface area contributed by atoms with Gasteiger partial charge in [0.2, 0.25) is 0 Å². The van der Waals surface area contributed by atoms with Gasteiger partial charge in [-0.2, -0.15) is 5.10 Å². The van der Waals surface area contributed by atoms with Crippen LogP contribution in [0.1, 0.15) is 33.7 Å². The standard InChI is InChI=1S/C22H17N5O2/c28-22(19-14-6-2-3-7-15(14)25-26-19)27-10-9-16-20(24-12-23-16)21(27)18-11-13-5-1-4-8-17(13)29-18/h1-8,11-12,21H,9-10H2,(H,23,24)(H,25,26)/t21-/m1/s1. The number of hydrogen-bond acceptors (Lipinski definition) is 4. The number of nitrogens with zero attached hydrogens (tertiary/aromatic N) is 3. The zero-order valence-electron chi connectivity index (χ0n) is 15.4. The molecule has 0 fully saturated rings. The third-order valence-electron chi connectivity index (χ3n) is 5.57. The second kappa shape index (κ2) is 6.07. The van der Waals surface area contributed by atoms with E-state index in [4.69, 9.17) is 4.42 Å². The predicted molar refractivity (Wildman–Crippen MR) is 107 cm³/mol. The molecule has 0 bridgehead atoms. The fourth-order valence-corrected chi connectivity index (χ4v) is 4.18. The van der Waals surface area contributed by atoms with E-state index in [9.17, 15) is 4.79 Å². The Kier molecular flexibility index (Phi) is 3.37. The number of H-pyrrole nitrogens is 2. The van der Waals surface area contributed by atoms with Gasteiger partial charge in [-0.15, -0.1) is 0 Å². The number of hydrogen-bond donors (Lipinski definition) is 2. The Hall–Kier alpha value is -3.87. The molecule has 3 aromatic heterocycles. The quantitative estimate of drug-likeness (QED) is 0.485. The molecule has 6 rings (SSSR count). The lowest BCUT2D eigenvalue weighted by Gasteiger charge is -2.33. The van der Waals surface area contributed by atoms with Gasteiger partial charge in [0.25, 0.3) is 5.91 Å². The molecule has 1 aliphatic heterocycles. The molecule has 1 aliphatic rings. The number of aromatic amines is 2. The van der Waals surface area contributed by atoms with Crippen LogP contribution in [0, 0.1) is 0 Å². The lowest BCUT2D eigenvalue weighted by Crippen LogP contribution is -2.40. The van der Waals surface area contributed by atoms with Gasteiger partial charge < -0.3 is 14.3 Å². The first kappa shape index (κ1) is 16.1. The number of carbonyl (C=O) groups is 1. The molecule has 0 unspecified atom stereocenters. The molecule has 2 N–H and O–H groups in total. The fourth-order valence-electron chi connectivity index (χ4n) is 4.18. The minimum atomic E-state index is -0.402. The number of amides is 1. The highest BCUT2D eigenvalue weighted by atomic mass is 16.3. The highest BCUT2D eigenvalue weighted by Crippen LogP contribution is 2.37. The number of para-hydroxylation sites is 2. The molecular weight excluding hydrogens is 366 g/mol. The molecule has 7 nitrogen and oxygen atoms in total. The monoisotopic (exact) mass is 383 g/mol. The average molecular weight is 383 g/mol. The summed E-state index contributed by atoms with van der Waals surface area (Å²) in [5, 5.41) is 9.08. The normalized spacial score (nSPS) is 16.4. The molecule has 0 saturated carbocycles. The van der Waals surface area contributed by atoms with Gasteiger partial charge in [0.1, 0.15) is 17.4 Å². The SMILES string of the molecule is O=C(c1n[nH]c2ccccc12)N1CCc2[nH]cnc2[C@H]1c1cc2ccccc2o1. The Balaban J connectivity index is 1.49. The number of furan rings is 1. The smallest absolute Gasteiger partial charge is 0.275 e. The molecule has 1 amide bonds. The van der Waals surface area contributed by atoms with E-state index in [1.807, 2.05) is 59.5 Å². The molecule has 1 atom stereocenters. The summed E-state index contributed by atoms with van der Waals surface area (Å²) >= 11 is 0. The second-order valence-corrected chi connectivity index (χ2v) is 7.22. The van der Waals surface area contributed by atoms with Crippen LogP contribution >= 0.6 is 0 Å². The molecule has 5 aromatic rings. The lowest BCUT2D eigenvalue weighted by atomic mass is 9.99. The van der Waals surface area contributed by atoms with E-state index < -0.39 is 6.04 Å². The lowest BCUT2D eigenvalue weighted by molar-refractivity contribution is 0.0668. The van der Waals surface area contributed by atoms with Crippen LogP contribution in [-0.2, 0) is 6.42 Å². The molecule has 0 aliphatic carbocycles. The number of benzene rings is 2. The van der Waals surface area contributed by atoms with Gasteiger partial charge in [0.05, 0.1) is 17.5 Å². The zero-order chi connectivity index (χ0) is 19.4. The number of fused-ring (bicyclic) bond motifs is 3. The van der Waals surface area contributed by atoms with Gasteiger partial charge in [0.15, 0.2) is 5.69 Å². The first-order chi connectivity index (χ1) is 14.3. The Bertz CT molecular complexity index is 1330. The van der Waals surface area contributed by atoms with Crippen LogP contribution in [0.2, 0.25) is 0 Å². The van der Waals surface area contributed by atoms with Crippen LogP contribution in [0.3, 0.4) is 0 Å². The van der Waals surface area contributed by atoms with Crippen LogP contribution < -0.4 is 0 Å². The number of aromatic nitrogens is 4. The number of imidazole rings is 1. The molecule has 2 aromatic carbocycles. The molecular formula is C22H17N5O2. The van der Waals surface area contributed by atoms with E-state index in [1.165, 1.54) is 0 Å². The second-order valence-electron chi connectivity index (χ2n) is 7.22. The molecule has 29 heavy (non-hydrogen) atoms. The summed E-state index contributed by atoms with van der Waals surface area (Å²) in [5.74, 6) is 0.564. The highest BCUT2D eigenvalue weighted by molar-refractivity contribution is 6.05. The molecule has 0 saturated heterocycles. The third-order valence-corrected chi connectivity index (χ3v) is 5.57. The third kappa shape index (κ3) is 2.40. The van der Waals surface area contributed by atoms with Crippen molar-refractivity contribution >= 4 is 27.8 Å². The predicted octanol–water partition coefficient (Wildman–Crippen LogP) is 3.82. The Labute approximate surface area is 165 Å². The molecule has 7 heteroatoms. The first-order valence-electron chi connectivity index (χ1n) is 9.54. The van der Waals surface area contributed by atoms with Crippen LogP contribution in [0.15, 0.2) is 65.3 Å². The summed E-state index contributed by atoms with van der Waals surface area (Å²) in [6, 6.07) is 17.1. The van der Waals surface area contributed by atoms with Crippen molar-refractivity contribution in [1.82, 2.24) is 25.1 Å². The van der Waals surface area contributed by atoms with Gasteiger partial charge in [-0.1, -0.05) is 36.4 Å². The fraction of sp³-hybridized carbons (Fsp3) is 0.136. The van der Waals surface area contributed by atoms with E-state index in [-0.39, 0.29) is 5.91 Å². The first-order valence-corrected chi connectivity index (χ1v) is 9.54. The number of rotatable bonds is 2. The molecule has 142 valence electrons. The summed E-state index contributed by atoms with van der Waals surface area (Å²) in [4.78, 5) is 23.1. The van der Waals surface area contributed by atoms with Crippen LogP contribution in [0.25, 0.3) is 21.9 Å². The van der Waals surface area contributed by atoms with E-state index in [0.717, 1.165) is 33.3 Å². The molecule has 4 heterocycles. The van der Waals surface area contributed by atoms with E-state index in [2.05, 4.69) is 20.2 Å². The Morgan fingerprint density at radius 3 is 2.93 bits per heavy atom. The van der Waals surface area contributed by atoms with Crippen molar-refractivity contribution in [2.75, 3.05) is 6.54 Å². The van der Waals surface area contributed by atoms with E-state index in [0.29, 0.717) is 24.4 Å². The summed E-state index contributed by atoms with van der Waals surface area (Å²) in [6.07, 6.45) is 2.39. The minimum absolute atomic E-state index is 0.137. The largest absolute Gasteiger partial charge is 0.458 e. The van der Waals surface area contributed by atoms with Crippen LogP contribution in [-0.4, -0.2) is 37.5 Å². The molecule has 0 spiro atoms. The average Bonchev–Trinajstić information content (AvgIpc) is 3.49. The minimum Gasteiger partial charge on any atom is -0.458 e. The van der Waals surface area contributed by atoms with Gasteiger partial charge >= 0.3 is 0 Å². The number of nitrogens with one attached hydrogen (secondary N) is 2. The number of carbonyl (C=O) groups excluding carboxylic acids is 1. The van der Waals surface area contributed by atoms with Crippen molar-refractivity contribution in [3.63, 3.8) is 0 Å². The maximum Gasteiger partial charge on any atom is 0.275 e. The van der Waals surface area contributed by atoms with Crippen molar-refractivity contribution in [2.45, 2.75) is 12.5 Å². The Morgan fingerprint density at radius 1 is 1.14 bits per heavy atom. The van der Waals surface area contributed by atoms with Crippen molar-refractivity contribution in [3.05, 3.63) is 83.8 Å². The van der Waals surface area contributed by atoms with Crippen molar-refractivity contribution in [1.29, 1.82) is 0 Å². The van der Waals surface area contributed by atoms with Crippen molar-refractivity contribution in [2.24, 2.45) is 0 Å². The van der Waals surface area contributed by atoms with Crippen LogP contribution in [0.5, 0.6) is 0 Å².